The van der Waals surface area contributed by atoms with Crippen LogP contribution in [0.15, 0.2) is 34.9 Å². The number of hydrogen-bond acceptors (Lipinski definition) is 4. The van der Waals surface area contributed by atoms with Gasteiger partial charge >= 0.3 is 0 Å². The molecule has 1 saturated heterocycles. The molecule has 0 aliphatic carbocycles. The number of aryl methyl sites for hydroxylation is 1. The average Bonchev–Trinajstić information content (AvgIpc) is 3.30. The van der Waals surface area contributed by atoms with E-state index >= 15 is 0 Å². The number of aromatic nitrogens is 2. The number of nitrogens with one attached hydrogen (secondary N) is 1. The van der Waals surface area contributed by atoms with Crippen LogP contribution in [0.1, 0.15) is 25.6 Å². The summed E-state index contributed by atoms with van der Waals surface area (Å²) < 4.78 is 1.72. The summed E-state index contributed by atoms with van der Waals surface area (Å²) in [6, 6.07) is 4.23. The van der Waals surface area contributed by atoms with Crippen molar-refractivity contribution < 1.29 is 4.79 Å². The van der Waals surface area contributed by atoms with Crippen LogP contribution in [0.4, 0.5) is 5.69 Å². The van der Waals surface area contributed by atoms with Gasteiger partial charge in [0.2, 0.25) is 5.91 Å². The van der Waals surface area contributed by atoms with Gasteiger partial charge in [0.25, 0.3) is 0 Å². The van der Waals surface area contributed by atoms with Gasteiger partial charge in [0.1, 0.15) is 6.54 Å². The number of carbonyl (C=O) groups excluding carboxylic acids is 1. The molecule has 0 spiro atoms. The third kappa shape index (κ3) is 5.25. The average molecular weight is 516 g/mol. The van der Waals surface area contributed by atoms with Crippen molar-refractivity contribution in [2.75, 3.05) is 37.6 Å². The molecular formula is C19H29IN6OS. The molecule has 1 aliphatic rings. The Balaban J connectivity index is 0.00000280. The lowest BCUT2D eigenvalue weighted by molar-refractivity contribution is -0.120. The van der Waals surface area contributed by atoms with Crippen LogP contribution in [-0.4, -0.2) is 59.3 Å². The third-order valence-electron chi connectivity index (χ3n) is 4.67. The van der Waals surface area contributed by atoms with Gasteiger partial charge in [-0.1, -0.05) is 19.9 Å². The molecule has 1 fully saturated rings. The molecule has 3 rings (SSSR count). The lowest BCUT2D eigenvalue weighted by atomic mass is 9.92. The maximum Gasteiger partial charge on any atom is 0.246 e. The normalized spacial score (nSPS) is 15.6. The first kappa shape index (κ1) is 22.7. The van der Waals surface area contributed by atoms with Gasteiger partial charge in [-0.15, -0.1) is 35.3 Å². The van der Waals surface area contributed by atoms with Gasteiger partial charge in [0.05, 0.1) is 18.4 Å². The molecule has 0 unspecified atom stereocenters. The number of thiophene rings is 1. The first-order valence-corrected chi connectivity index (χ1v) is 10.1. The predicted molar refractivity (Wildman–Crippen MR) is 126 cm³/mol. The minimum atomic E-state index is -0.0314. The van der Waals surface area contributed by atoms with Crippen molar-refractivity contribution in [3.63, 3.8) is 0 Å². The molecule has 154 valence electrons. The largest absolute Gasteiger partial charge is 0.357 e. The van der Waals surface area contributed by atoms with Crippen molar-refractivity contribution in [1.82, 2.24) is 20.0 Å². The van der Waals surface area contributed by atoms with E-state index in [9.17, 15) is 4.79 Å². The zero-order chi connectivity index (χ0) is 19.4. The van der Waals surface area contributed by atoms with Gasteiger partial charge in [-0.05, 0) is 18.4 Å². The lowest BCUT2D eigenvalue weighted by Crippen LogP contribution is -2.55. The maximum atomic E-state index is 12.7. The number of hydrogen-bond donors (Lipinski definition) is 1. The van der Waals surface area contributed by atoms with E-state index in [-0.39, 0.29) is 35.3 Å². The van der Waals surface area contributed by atoms with Crippen molar-refractivity contribution in [2.45, 2.75) is 26.2 Å². The molecule has 7 nitrogen and oxygen atoms in total. The number of rotatable bonds is 5. The Morgan fingerprint density at radius 1 is 1.39 bits per heavy atom. The minimum absolute atomic E-state index is 0. The third-order valence-corrected chi connectivity index (χ3v) is 5.91. The quantitative estimate of drug-likeness (QED) is 0.377. The number of aliphatic imine (C=N–C) groups is 1. The first-order chi connectivity index (χ1) is 12.9. The molecule has 1 amide bonds. The predicted octanol–water partition coefficient (Wildman–Crippen LogP) is 2.69. The lowest BCUT2D eigenvalue weighted by Gasteiger charge is -2.35. The smallest absolute Gasteiger partial charge is 0.246 e. The number of nitrogens with zero attached hydrogens (tertiary/aromatic N) is 5. The number of anilines is 1. The molecule has 28 heavy (non-hydrogen) atoms. The zero-order valence-electron chi connectivity index (χ0n) is 16.9. The van der Waals surface area contributed by atoms with Crippen LogP contribution in [0.2, 0.25) is 0 Å². The molecule has 0 radical (unpaired) electrons. The van der Waals surface area contributed by atoms with Crippen LogP contribution in [-0.2, 0) is 17.3 Å². The van der Waals surface area contributed by atoms with E-state index in [1.807, 2.05) is 25.1 Å². The van der Waals surface area contributed by atoms with Crippen molar-refractivity contribution in [1.29, 1.82) is 0 Å². The van der Waals surface area contributed by atoms with Crippen molar-refractivity contribution in [3.8, 4) is 0 Å². The molecular weight excluding hydrogens is 487 g/mol. The molecule has 3 heterocycles. The van der Waals surface area contributed by atoms with Crippen LogP contribution in [0.25, 0.3) is 0 Å². The summed E-state index contributed by atoms with van der Waals surface area (Å²) in [4.78, 5) is 22.7. The Bertz CT molecular complexity index is 801. The van der Waals surface area contributed by atoms with Gasteiger partial charge < -0.3 is 15.1 Å². The topological polar surface area (TPSA) is 65.8 Å². The number of carbonyl (C=O) groups is 1. The molecule has 0 bridgehead atoms. The van der Waals surface area contributed by atoms with Crippen molar-refractivity contribution in [2.24, 2.45) is 12.0 Å². The fraction of sp³-hybridized carbons (Fsp3) is 0.526. The molecule has 9 heteroatoms. The highest BCUT2D eigenvalue weighted by molar-refractivity contribution is 14.0. The Morgan fingerprint density at radius 3 is 2.75 bits per heavy atom. The van der Waals surface area contributed by atoms with E-state index in [0.29, 0.717) is 19.6 Å². The summed E-state index contributed by atoms with van der Waals surface area (Å²) in [5.74, 6) is 0.874. The molecule has 0 aromatic carbocycles. The van der Waals surface area contributed by atoms with Gasteiger partial charge in [-0.3, -0.25) is 14.5 Å². The van der Waals surface area contributed by atoms with E-state index in [1.54, 1.807) is 27.1 Å². The van der Waals surface area contributed by atoms with Crippen LogP contribution in [0.3, 0.4) is 0 Å². The second-order valence-electron chi connectivity index (χ2n) is 7.37. The zero-order valence-corrected chi connectivity index (χ0v) is 20.0. The Hall–Kier alpha value is -1.62. The van der Waals surface area contributed by atoms with Gasteiger partial charge in [-0.2, -0.15) is 5.10 Å². The number of halogens is 1. The first-order valence-electron chi connectivity index (χ1n) is 9.27. The fourth-order valence-electron chi connectivity index (χ4n) is 3.11. The van der Waals surface area contributed by atoms with E-state index in [1.165, 1.54) is 4.88 Å². The number of piperazine rings is 1. The summed E-state index contributed by atoms with van der Waals surface area (Å²) in [6.45, 7) is 9.60. The second kappa shape index (κ2) is 9.73. The Morgan fingerprint density at radius 2 is 2.18 bits per heavy atom. The molecule has 0 saturated carbocycles. The summed E-state index contributed by atoms with van der Waals surface area (Å²) in [5.41, 5.74) is 0.819. The molecule has 2 aromatic heterocycles. The highest BCUT2D eigenvalue weighted by Gasteiger charge is 2.28. The van der Waals surface area contributed by atoms with Gasteiger partial charge in [0, 0.05) is 43.2 Å². The minimum Gasteiger partial charge on any atom is -0.357 e. The van der Waals surface area contributed by atoms with Crippen molar-refractivity contribution >= 4 is 52.9 Å². The highest BCUT2D eigenvalue weighted by Crippen LogP contribution is 2.27. The Labute approximate surface area is 187 Å². The Kier molecular flexibility index (Phi) is 7.87. The fourth-order valence-corrected chi connectivity index (χ4v) is 3.96. The van der Waals surface area contributed by atoms with Crippen LogP contribution in [0, 0.1) is 0 Å². The van der Waals surface area contributed by atoms with E-state index in [2.05, 4.69) is 41.8 Å². The molecule has 0 atom stereocenters. The van der Waals surface area contributed by atoms with E-state index in [0.717, 1.165) is 24.7 Å². The van der Waals surface area contributed by atoms with Gasteiger partial charge in [-0.25, -0.2) is 0 Å². The molecule has 2 aromatic rings. The van der Waals surface area contributed by atoms with Crippen LogP contribution in [0.5, 0.6) is 0 Å². The summed E-state index contributed by atoms with van der Waals surface area (Å²) >= 11 is 1.76. The maximum absolute atomic E-state index is 12.7. The monoisotopic (exact) mass is 516 g/mol. The van der Waals surface area contributed by atoms with Crippen molar-refractivity contribution in [3.05, 3.63) is 34.8 Å². The summed E-state index contributed by atoms with van der Waals surface area (Å²) in [7, 11) is 1.86. The SMILES string of the molecule is CCNC(=NCC(C)(C)c1cccs1)N1CCN(c2cnn(C)c2)C(=O)C1.I. The van der Waals surface area contributed by atoms with E-state index in [4.69, 9.17) is 4.99 Å². The summed E-state index contributed by atoms with van der Waals surface area (Å²) in [5, 5.41) is 9.61. The second-order valence-corrected chi connectivity index (χ2v) is 8.32. The standard InChI is InChI=1S/C19H28N6OS.HI/c1-5-20-18(21-14-19(2,3)16-7-6-10-27-16)24-8-9-25(17(26)13-24)15-11-22-23(4)12-15;/h6-7,10-12H,5,8-9,13-14H2,1-4H3,(H,20,21);1H. The van der Waals surface area contributed by atoms with Crippen LogP contribution >= 0.6 is 35.3 Å². The van der Waals surface area contributed by atoms with E-state index < -0.39 is 0 Å². The molecule has 1 aliphatic heterocycles. The van der Waals surface area contributed by atoms with Crippen LogP contribution < -0.4 is 10.2 Å². The van der Waals surface area contributed by atoms with Gasteiger partial charge in [0.15, 0.2) is 5.96 Å². The molecule has 1 N–H and O–H groups in total. The highest BCUT2D eigenvalue weighted by atomic mass is 127. The number of amides is 1. The summed E-state index contributed by atoms with van der Waals surface area (Å²) in [6.07, 6.45) is 3.60. The number of guanidine groups is 1.